The van der Waals surface area contributed by atoms with Crippen LogP contribution in [0.2, 0.25) is 0 Å². The Balaban J connectivity index is 0.00000552. The standard InChI is InChI=1S/C71H53BF2N5.Pt/c73-71(74,53-21-13-22-57(43-53)76-46-77(65-29-12-11-28-64(65)76)69-58(49-16-3-1-4-17-49)24-14-25-59(69)50-18-5-2-6-19-50)54-31-32-61-60-23-8-10-27-63(60)79(66(61)44-54)68-45-52(34-36-75-68)70(55-39-47-38-48(41-55)42-56(70)40-47)67-30-15-37-78-62-26-9-7-20-51(62)33-35-72(67)78;/h1-37,45-48,55-56H,38-42H2;/q-3;. The third-order valence-corrected chi connectivity index (χ3v) is 18.5. The van der Waals surface area contributed by atoms with Crippen molar-refractivity contribution in [2.45, 2.75) is 43.4 Å². The van der Waals surface area contributed by atoms with Gasteiger partial charge in [0.15, 0.2) is 0 Å². The van der Waals surface area contributed by atoms with Gasteiger partial charge in [-0.05, 0) is 132 Å². The fourth-order valence-electron chi connectivity index (χ4n) is 15.5. The van der Waals surface area contributed by atoms with Crippen LogP contribution >= 0.6 is 0 Å². The summed E-state index contributed by atoms with van der Waals surface area (Å²) in [6, 6.07) is 71.8. The Labute approximate surface area is 480 Å². The molecule has 2 aromatic heterocycles. The van der Waals surface area contributed by atoms with Crippen molar-refractivity contribution in [1.29, 1.82) is 0 Å². The van der Waals surface area contributed by atoms with Gasteiger partial charge in [0.1, 0.15) is 5.82 Å². The molecule has 80 heavy (non-hydrogen) atoms. The van der Waals surface area contributed by atoms with Gasteiger partial charge in [-0.2, -0.15) is 36.4 Å². The first-order chi connectivity index (χ1) is 38.9. The number of para-hydroxylation sites is 5. The normalized spacial score (nSPS) is 21.4. The zero-order valence-electron chi connectivity index (χ0n) is 43.7. The Morgan fingerprint density at radius 3 is 1.98 bits per heavy atom. The second-order valence-electron chi connectivity index (χ2n) is 22.6. The summed E-state index contributed by atoms with van der Waals surface area (Å²) in [4.78, 5) is 11.8. The molecule has 4 fully saturated rings. The number of rotatable bonds is 9. The minimum atomic E-state index is -3.47. The molecular weight excluding hydrogens is 1170 g/mol. The summed E-state index contributed by atoms with van der Waals surface area (Å²) >= 11 is 0. The van der Waals surface area contributed by atoms with Crippen molar-refractivity contribution in [3.05, 3.63) is 271 Å². The third-order valence-electron chi connectivity index (χ3n) is 18.5. The number of allylic oxidation sites excluding steroid dienone is 3. The van der Waals surface area contributed by atoms with E-state index in [-0.39, 0.29) is 44.5 Å². The van der Waals surface area contributed by atoms with Crippen molar-refractivity contribution in [2.75, 3.05) is 14.6 Å². The van der Waals surface area contributed by atoms with Crippen LogP contribution in [0, 0.1) is 42.5 Å². The molecule has 0 spiro atoms. The first-order valence-corrected chi connectivity index (χ1v) is 27.9. The average Bonchev–Trinajstić information content (AvgIpc) is 3.69. The molecule has 17 rings (SSSR count). The maximum atomic E-state index is 17.8. The minimum Gasteiger partial charge on any atom is -0.493 e. The topological polar surface area (TPSA) is 27.5 Å². The number of alkyl halides is 2. The molecule has 392 valence electrons. The number of nitrogens with zero attached hydrogens (tertiary/aromatic N) is 5. The fraction of sp³-hybridized carbons (Fsp3) is 0.155. The van der Waals surface area contributed by atoms with Crippen LogP contribution in [0.4, 0.5) is 37.2 Å². The molecule has 0 atom stereocenters. The number of aromatic nitrogens is 2. The van der Waals surface area contributed by atoms with Crippen LogP contribution in [0.3, 0.4) is 0 Å². The number of benzene rings is 8. The summed E-state index contributed by atoms with van der Waals surface area (Å²) in [5.41, 5.74) is 13.5. The smallest absolute Gasteiger partial charge is 0.316 e. The van der Waals surface area contributed by atoms with E-state index < -0.39 is 5.92 Å². The van der Waals surface area contributed by atoms with E-state index in [4.69, 9.17) is 4.98 Å². The number of hydrogen-bond acceptors (Lipinski definition) is 4. The zero-order chi connectivity index (χ0) is 52.4. The molecule has 4 saturated carbocycles. The quantitative estimate of drug-likeness (QED) is 0.106. The first kappa shape index (κ1) is 49.0. The summed E-state index contributed by atoms with van der Waals surface area (Å²) in [7, 11) is 0. The van der Waals surface area contributed by atoms with E-state index in [9.17, 15) is 0 Å². The van der Waals surface area contributed by atoms with Crippen LogP contribution in [0.5, 0.6) is 0 Å². The summed E-state index contributed by atoms with van der Waals surface area (Å²) in [5.74, 6) is 2.14. The predicted octanol–water partition coefficient (Wildman–Crippen LogP) is 17.4. The summed E-state index contributed by atoms with van der Waals surface area (Å²) in [6.07, 6.45) is 17.4. The number of hydrogen-bond donors (Lipinski definition) is 0. The Morgan fingerprint density at radius 1 is 0.600 bits per heavy atom. The van der Waals surface area contributed by atoms with E-state index >= 15 is 8.78 Å². The van der Waals surface area contributed by atoms with Gasteiger partial charge in [0, 0.05) is 72.1 Å². The van der Waals surface area contributed by atoms with Crippen molar-refractivity contribution in [3.8, 4) is 28.1 Å². The Hall–Kier alpha value is -8.06. The molecule has 8 aromatic carbocycles. The summed E-state index contributed by atoms with van der Waals surface area (Å²) in [5, 5.41) is 1.81. The molecule has 0 radical (unpaired) electrons. The monoisotopic (exact) mass is 1220 g/mol. The average molecular weight is 1220 g/mol. The van der Waals surface area contributed by atoms with Gasteiger partial charge in [-0.15, -0.1) is 23.8 Å². The van der Waals surface area contributed by atoms with Crippen LogP contribution in [0.25, 0.3) is 56.0 Å². The maximum Gasteiger partial charge on any atom is 0.316 e. The van der Waals surface area contributed by atoms with Gasteiger partial charge >= 0.3 is 6.85 Å². The fourth-order valence-corrected chi connectivity index (χ4v) is 15.5. The van der Waals surface area contributed by atoms with Crippen LogP contribution < -0.4 is 14.6 Å². The van der Waals surface area contributed by atoms with Crippen LogP contribution in [-0.4, -0.2) is 16.4 Å². The van der Waals surface area contributed by atoms with Crippen molar-refractivity contribution < 1.29 is 29.8 Å². The Morgan fingerprint density at radius 2 is 1.24 bits per heavy atom. The third kappa shape index (κ3) is 7.47. The SMILES string of the molecule is FC(F)(c1[c-]c(N2[CH-]N(c3c(-c4ccccc4)cccc3-c3ccccc3)c3ccccc32)ccc1)c1[c-]c2c(cc1)c1ccccc1n2-c1cc(C2(C3=CC=CN4B3C=Cc3ccccc34)C3CC4CC(C3)CC2C4)ccn1.[Pt]. The molecule has 10 aromatic rings. The van der Waals surface area contributed by atoms with Gasteiger partial charge < -0.3 is 19.2 Å². The molecule has 0 unspecified atom stereocenters. The summed E-state index contributed by atoms with van der Waals surface area (Å²) in [6.45, 7) is 2.09. The van der Waals surface area contributed by atoms with Crippen LogP contribution in [0.15, 0.2) is 230 Å². The van der Waals surface area contributed by atoms with Gasteiger partial charge in [-0.25, -0.2) is 13.8 Å². The van der Waals surface area contributed by atoms with Gasteiger partial charge in [-0.1, -0.05) is 168 Å². The Kier molecular flexibility index (Phi) is 11.7. The molecule has 5 nitrogen and oxygen atoms in total. The number of anilines is 5. The van der Waals surface area contributed by atoms with E-state index in [1.165, 1.54) is 60.5 Å². The second-order valence-corrected chi connectivity index (χ2v) is 22.6. The van der Waals surface area contributed by atoms with Gasteiger partial charge in [0.05, 0.1) is 0 Å². The summed E-state index contributed by atoms with van der Waals surface area (Å²) < 4.78 is 37.7. The minimum absolute atomic E-state index is 0. The van der Waals surface area contributed by atoms with Crippen molar-refractivity contribution in [3.63, 3.8) is 0 Å². The van der Waals surface area contributed by atoms with E-state index in [2.05, 4.69) is 178 Å². The number of pyridine rings is 1. The largest absolute Gasteiger partial charge is 0.493 e. The molecule has 0 N–H and O–H groups in total. The molecule has 4 bridgehead atoms. The van der Waals surface area contributed by atoms with Gasteiger partial charge in [0.2, 0.25) is 0 Å². The van der Waals surface area contributed by atoms with Crippen molar-refractivity contribution in [2.24, 2.45) is 23.7 Å². The molecular formula is C71H53BF2N5Pt-3. The van der Waals surface area contributed by atoms with Crippen LogP contribution in [0.1, 0.15) is 54.4 Å². The van der Waals surface area contributed by atoms with Gasteiger partial charge in [0.25, 0.3) is 5.92 Å². The first-order valence-electron chi connectivity index (χ1n) is 27.9. The molecule has 0 amide bonds. The van der Waals surface area contributed by atoms with Crippen molar-refractivity contribution in [1.82, 2.24) is 9.55 Å². The molecule has 7 aliphatic rings. The van der Waals surface area contributed by atoms with E-state index in [1.807, 2.05) is 72.4 Å². The number of fused-ring (bicyclic) bond motifs is 7. The second kappa shape index (κ2) is 19.1. The van der Waals surface area contributed by atoms with E-state index in [0.29, 0.717) is 28.9 Å². The molecule has 4 aliphatic carbocycles. The maximum absolute atomic E-state index is 17.8. The van der Waals surface area contributed by atoms with E-state index in [0.717, 1.165) is 67.4 Å². The Bertz CT molecular complexity index is 4080. The predicted molar refractivity (Wildman–Crippen MR) is 318 cm³/mol. The van der Waals surface area contributed by atoms with Gasteiger partial charge in [-0.3, -0.25) is 0 Å². The zero-order valence-corrected chi connectivity index (χ0v) is 46.0. The molecule has 9 heteroatoms. The molecule has 5 heterocycles. The number of halogens is 2. The van der Waals surface area contributed by atoms with E-state index in [1.54, 1.807) is 12.1 Å². The van der Waals surface area contributed by atoms with Crippen LogP contribution in [-0.2, 0) is 32.4 Å². The molecule has 3 aliphatic heterocycles. The molecule has 0 saturated heterocycles. The van der Waals surface area contributed by atoms with Crippen molar-refractivity contribution >= 4 is 63.2 Å².